The molecule has 1 aliphatic rings. The average Bonchev–Trinajstić information content (AvgIpc) is 2.24. The molecule has 0 aliphatic heterocycles. The fourth-order valence-corrected chi connectivity index (χ4v) is 2.40. The summed E-state index contributed by atoms with van der Waals surface area (Å²) >= 11 is 0. The largest absolute Gasteiger partial charge is 0.480 e. The van der Waals surface area contributed by atoms with Crippen LogP contribution in [0.4, 0.5) is 0 Å². The second-order valence-corrected chi connectivity index (χ2v) is 5.04. The van der Waals surface area contributed by atoms with E-state index < -0.39 is 23.4 Å². The number of hydrogen-bond donors (Lipinski definition) is 3. The van der Waals surface area contributed by atoms with Gasteiger partial charge in [-0.25, -0.2) is 9.59 Å². The Hall–Kier alpha value is -1.62. The zero-order valence-electron chi connectivity index (χ0n) is 11.0. The summed E-state index contributed by atoms with van der Waals surface area (Å²) < 4.78 is 0. The van der Waals surface area contributed by atoms with Gasteiger partial charge in [-0.3, -0.25) is 0 Å². The summed E-state index contributed by atoms with van der Waals surface area (Å²) in [5, 5.41) is 18.5. The maximum Gasteiger partial charge on any atom is 0.331 e. The Bertz CT molecular complexity index is 462. The lowest BCUT2D eigenvalue weighted by molar-refractivity contribution is -0.143. The van der Waals surface area contributed by atoms with E-state index in [0.717, 1.165) is 0 Å². The van der Waals surface area contributed by atoms with Gasteiger partial charge in [0.2, 0.25) is 0 Å². The first kappa shape index (κ1) is 14.4. The highest BCUT2D eigenvalue weighted by Gasteiger charge is 2.48. The first-order valence-electron chi connectivity index (χ1n) is 5.82. The summed E-state index contributed by atoms with van der Waals surface area (Å²) in [5.41, 5.74) is 5.60. The molecule has 0 heterocycles. The standard InChI is InChI=1S/C13H19NO4/c1-6(2)9-5-10(11(15)16)8(4)13(14,7(9)3)12(17)18/h5-6,8H,14H2,1-4H3,(H,15,16)(H,17,18). The Morgan fingerprint density at radius 2 is 1.89 bits per heavy atom. The summed E-state index contributed by atoms with van der Waals surface area (Å²) in [7, 11) is 0. The van der Waals surface area contributed by atoms with Crippen molar-refractivity contribution in [2.75, 3.05) is 0 Å². The lowest BCUT2D eigenvalue weighted by atomic mass is 9.69. The Kier molecular flexibility index (Phi) is 3.67. The van der Waals surface area contributed by atoms with E-state index in [2.05, 4.69) is 0 Å². The number of hydrogen-bond acceptors (Lipinski definition) is 3. The maximum absolute atomic E-state index is 11.5. The molecule has 4 N–H and O–H groups in total. The van der Waals surface area contributed by atoms with Crippen LogP contribution in [-0.2, 0) is 9.59 Å². The first-order valence-corrected chi connectivity index (χ1v) is 5.82. The van der Waals surface area contributed by atoms with Crippen LogP contribution in [0.1, 0.15) is 27.7 Å². The van der Waals surface area contributed by atoms with Crippen LogP contribution in [0.2, 0.25) is 0 Å². The molecule has 0 bridgehead atoms. The van der Waals surface area contributed by atoms with Crippen molar-refractivity contribution in [2.45, 2.75) is 33.2 Å². The van der Waals surface area contributed by atoms with Crippen molar-refractivity contribution in [1.82, 2.24) is 0 Å². The van der Waals surface area contributed by atoms with Crippen molar-refractivity contribution in [3.05, 3.63) is 22.8 Å². The van der Waals surface area contributed by atoms with Crippen molar-refractivity contribution in [3.8, 4) is 0 Å². The minimum atomic E-state index is -1.65. The van der Waals surface area contributed by atoms with Crippen molar-refractivity contribution in [1.29, 1.82) is 0 Å². The topological polar surface area (TPSA) is 101 Å². The Morgan fingerprint density at radius 1 is 1.39 bits per heavy atom. The number of allylic oxidation sites excluding steroid dienone is 2. The molecule has 100 valence electrons. The number of rotatable bonds is 3. The fraction of sp³-hybridized carbons (Fsp3) is 0.538. The van der Waals surface area contributed by atoms with E-state index in [-0.39, 0.29) is 11.5 Å². The van der Waals surface area contributed by atoms with E-state index in [9.17, 15) is 14.7 Å². The first-order chi connectivity index (χ1) is 8.13. The van der Waals surface area contributed by atoms with E-state index in [1.807, 2.05) is 13.8 Å². The fourth-order valence-electron chi connectivity index (χ4n) is 2.40. The molecule has 0 aromatic carbocycles. The third-order valence-electron chi connectivity index (χ3n) is 3.74. The number of nitrogens with two attached hydrogens (primary N) is 1. The Labute approximate surface area is 106 Å². The van der Waals surface area contributed by atoms with Crippen LogP contribution in [0.3, 0.4) is 0 Å². The molecular weight excluding hydrogens is 234 g/mol. The van der Waals surface area contributed by atoms with Crippen LogP contribution >= 0.6 is 0 Å². The van der Waals surface area contributed by atoms with Gasteiger partial charge in [0.05, 0.1) is 0 Å². The average molecular weight is 253 g/mol. The summed E-state index contributed by atoms with van der Waals surface area (Å²) in [6, 6.07) is 0. The third-order valence-corrected chi connectivity index (χ3v) is 3.74. The van der Waals surface area contributed by atoms with Gasteiger partial charge >= 0.3 is 11.9 Å². The predicted octanol–water partition coefficient (Wildman–Crippen LogP) is 1.40. The van der Waals surface area contributed by atoms with Gasteiger partial charge in [0.1, 0.15) is 5.54 Å². The van der Waals surface area contributed by atoms with Crippen LogP contribution in [0, 0.1) is 11.8 Å². The van der Waals surface area contributed by atoms with E-state index in [0.29, 0.717) is 11.1 Å². The molecule has 2 unspecified atom stereocenters. The molecule has 0 aromatic heterocycles. The smallest absolute Gasteiger partial charge is 0.331 e. The quantitative estimate of drug-likeness (QED) is 0.705. The molecule has 0 saturated carbocycles. The van der Waals surface area contributed by atoms with E-state index in [1.165, 1.54) is 6.92 Å². The SMILES string of the molecule is CC1=C(C(C)C)C=C(C(=O)O)C(C)C1(N)C(=O)O. The summed E-state index contributed by atoms with van der Waals surface area (Å²) in [6.07, 6.45) is 1.56. The van der Waals surface area contributed by atoms with Gasteiger partial charge in [0, 0.05) is 11.5 Å². The van der Waals surface area contributed by atoms with Gasteiger partial charge in [-0.05, 0) is 30.1 Å². The van der Waals surface area contributed by atoms with Crippen molar-refractivity contribution >= 4 is 11.9 Å². The highest BCUT2D eigenvalue weighted by atomic mass is 16.4. The molecule has 0 fully saturated rings. The van der Waals surface area contributed by atoms with Gasteiger partial charge in [-0.2, -0.15) is 0 Å². The molecule has 0 aromatic rings. The van der Waals surface area contributed by atoms with E-state index in [4.69, 9.17) is 10.8 Å². The molecule has 0 saturated heterocycles. The lowest BCUT2D eigenvalue weighted by Crippen LogP contribution is -2.57. The highest BCUT2D eigenvalue weighted by Crippen LogP contribution is 2.38. The Morgan fingerprint density at radius 3 is 2.22 bits per heavy atom. The number of carbonyl (C=O) groups is 2. The minimum absolute atomic E-state index is 0.0223. The van der Waals surface area contributed by atoms with Crippen molar-refractivity contribution in [2.24, 2.45) is 17.6 Å². The van der Waals surface area contributed by atoms with E-state index in [1.54, 1.807) is 13.0 Å². The van der Waals surface area contributed by atoms with Crippen LogP contribution < -0.4 is 5.73 Å². The number of aliphatic carboxylic acids is 2. The Balaban J connectivity index is 3.54. The minimum Gasteiger partial charge on any atom is -0.480 e. The van der Waals surface area contributed by atoms with Gasteiger partial charge in [-0.15, -0.1) is 0 Å². The molecule has 0 radical (unpaired) electrons. The summed E-state index contributed by atoms with van der Waals surface area (Å²) in [6.45, 7) is 6.96. The van der Waals surface area contributed by atoms with Gasteiger partial charge in [0.25, 0.3) is 0 Å². The summed E-state index contributed by atoms with van der Waals surface area (Å²) in [5.74, 6) is -3.06. The highest BCUT2D eigenvalue weighted by molar-refractivity contribution is 5.94. The molecule has 0 spiro atoms. The molecule has 5 heteroatoms. The third kappa shape index (κ3) is 1.95. The van der Waals surface area contributed by atoms with Crippen molar-refractivity contribution in [3.63, 3.8) is 0 Å². The molecule has 18 heavy (non-hydrogen) atoms. The van der Waals surface area contributed by atoms with Crippen LogP contribution in [0.5, 0.6) is 0 Å². The molecule has 5 nitrogen and oxygen atoms in total. The zero-order valence-corrected chi connectivity index (χ0v) is 11.0. The summed E-state index contributed by atoms with van der Waals surface area (Å²) in [4.78, 5) is 22.7. The maximum atomic E-state index is 11.5. The molecule has 1 aliphatic carbocycles. The molecule has 2 atom stereocenters. The second-order valence-electron chi connectivity index (χ2n) is 5.04. The van der Waals surface area contributed by atoms with Crippen molar-refractivity contribution < 1.29 is 19.8 Å². The molecular formula is C13H19NO4. The van der Waals surface area contributed by atoms with Crippen LogP contribution in [-0.4, -0.2) is 27.7 Å². The van der Waals surface area contributed by atoms with Crippen LogP contribution in [0.15, 0.2) is 22.8 Å². The zero-order chi connectivity index (χ0) is 14.2. The molecule has 0 amide bonds. The van der Waals surface area contributed by atoms with Gasteiger partial charge in [0.15, 0.2) is 0 Å². The van der Waals surface area contributed by atoms with Crippen LogP contribution in [0.25, 0.3) is 0 Å². The number of carboxylic acid groups (broad SMARTS) is 2. The van der Waals surface area contributed by atoms with Gasteiger partial charge in [-0.1, -0.05) is 20.8 Å². The lowest BCUT2D eigenvalue weighted by Gasteiger charge is -2.38. The van der Waals surface area contributed by atoms with Gasteiger partial charge < -0.3 is 15.9 Å². The second kappa shape index (κ2) is 4.57. The van der Waals surface area contributed by atoms with E-state index >= 15 is 0 Å². The normalized spacial score (nSPS) is 28.3. The predicted molar refractivity (Wildman–Crippen MR) is 67.0 cm³/mol. The number of carboxylic acids is 2. The monoisotopic (exact) mass is 253 g/mol. The molecule has 1 rings (SSSR count).